The third kappa shape index (κ3) is 11.7. The van der Waals surface area contributed by atoms with Gasteiger partial charge in [0.1, 0.15) is 0 Å². The van der Waals surface area contributed by atoms with Crippen LogP contribution < -0.4 is 11.3 Å². The van der Waals surface area contributed by atoms with E-state index in [4.69, 9.17) is 10.8 Å². The average molecular weight is 479 g/mol. The van der Waals surface area contributed by atoms with Gasteiger partial charge in [-0.3, -0.25) is 4.79 Å². The van der Waals surface area contributed by atoms with Crippen LogP contribution in [0.25, 0.3) is 5.57 Å². The lowest BCUT2D eigenvalue weighted by molar-refractivity contribution is 0.160. The fourth-order valence-electron chi connectivity index (χ4n) is 3.83. The van der Waals surface area contributed by atoms with Crippen molar-refractivity contribution in [1.82, 2.24) is 4.73 Å². The topological polar surface area (TPSA) is 88.5 Å². The molecule has 3 rings (SSSR count). The van der Waals surface area contributed by atoms with Gasteiger partial charge >= 0.3 is 0 Å². The molecule has 3 aromatic rings. The van der Waals surface area contributed by atoms with Crippen molar-refractivity contribution >= 4 is 5.57 Å². The van der Waals surface area contributed by atoms with Crippen molar-refractivity contribution in [2.75, 3.05) is 13.2 Å². The Hall–Kier alpha value is -3.15. The molecule has 5 nitrogen and oxygen atoms in total. The van der Waals surface area contributed by atoms with E-state index in [1.54, 1.807) is 0 Å². The number of aromatic nitrogens is 1. The van der Waals surface area contributed by atoms with Gasteiger partial charge in [0.05, 0.1) is 12.3 Å². The summed E-state index contributed by atoms with van der Waals surface area (Å²) in [5.74, 6) is 0.439. The van der Waals surface area contributed by atoms with Gasteiger partial charge in [-0.2, -0.15) is 4.73 Å². The zero-order valence-electron chi connectivity index (χ0n) is 21.9. The van der Waals surface area contributed by atoms with Crippen LogP contribution in [0.3, 0.4) is 0 Å². The zero-order valence-corrected chi connectivity index (χ0v) is 21.9. The molecule has 4 N–H and O–H groups in total. The number of hydrogen-bond donors (Lipinski definition) is 3. The molecule has 1 heterocycles. The maximum absolute atomic E-state index is 11.4. The molecule has 0 bridgehead atoms. The molecule has 0 aliphatic rings. The quantitative estimate of drug-likeness (QED) is 0.397. The van der Waals surface area contributed by atoms with E-state index >= 15 is 0 Å². The Bertz CT molecular complexity index is 1020. The second-order valence-electron chi connectivity index (χ2n) is 9.97. The lowest BCUT2D eigenvalue weighted by Crippen LogP contribution is -2.23. The number of pyridine rings is 1. The third-order valence-corrected chi connectivity index (χ3v) is 5.12. The second kappa shape index (κ2) is 15.0. The predicted molar refractivity (Wildman–Crippen MR) is 147 cm³/mol. The zero-order chi connectivity index (χ0) is 26.4. The fourth-order valence-corrected chi connectivity index (χ4v) is 3.83. The van der Waals surface area contributed by atoms with Crippen molar-refractivity contribution in [2.24, 2.45) is 17.1 Å². The molecule has 1 aromatic heterocycles. The monoisotopic (exact) mass is 478 g/mol. The van der Waals surface area contributed by atoms with E-state index in [1.165, 1.54) is 17.2 Å². The number of rotatable bonds is 6. The summed E-state index contributed by atoms with van der Waals surface area (Å²) in [5.41, 5.74) is 9.74. The van der Waals surface area contributed by atoms with Gasteiger partial charge in [0, 0.05) is 12.6 Å². The van der Waals surface area contributed by atoms with Crippen LogP contribution in [0.15, 0.2) is 84.2 Å². The first-order valence-corrected chi connectivity index (χ1v) is 12.0. The summed E-state index contributed by atoms with van der Waals surface area (Å²) in [6.45, 7) is 15.2. The van der Waals surface area contributed by atoms with Crippen LogP contribution in [0.2, 0.25) is 0 Å². The van der Waals surface area contributed by atoms with E-state index in [0.29, 0.717) is 18.2 Å². The van der Waals surface area contributed by atoms with E-state index in [0.717, 1.165) is 28.7 Å². The van der Waals surface area contributed by atoms with Crippen molar-refractivity contribution in [3.05, 3.63) is 112 Å². The lowest BCUT2D eigenvalue weighted by Gasteiger charge is -2.23. The molecule has 0 fully saturated rings. The first-order valence-electron chi connectivity index (χ1n) is 12.0. The molecule has 0 saturated carbocycles. The molecule has 0 saturated heterocycles. The summed E-state index contributed by atoms with van der Waals surface area (Å²) in [4.78, 5) is 11.4. The summed E-state index contributed by atoms with van der Waals surface area (Å²) in [6, 6.07) is 23.8. The van der Waals surface area contributed by atoms with Crippen LogP contribution >= 0.6 is 0 Å². The Kier molecular flexibility index (Phi) is 12.8. The van der Waals surface area contributed by atoms with Crippen molar-refractivity contribution in [1.29, 1.82) is 0 Å². The molecule has 35 heavy (non-hydrogen) atoms. The van der Waals surface area contributed by atoms with Gasteiger partial charge in [0.15, 0.2) is 0 Å². The highest BCUT2D eigenvalue weighted by molar-refractivity contribution is 5.77. The SMILES string of the molecule is C=C(c1ccccc1)c1ccccc1.Cc1cc(CC(C)CC(C)(C)C)n(O)c(=O)c1.NCCO. The van der Waals surface area contributed by atoms with E-state index in [9.17, 15) is 10.0 Å². The summed E-state index contributed by atoms with van der Waals surface area (Å²) in [5, 5.41) is 17.4. The number of aliphatic hydroxyl groups excluding tert-OH is 1. The molecule has 0 spiro atoms. The molecular weight excluding hydrogens is 436 g/mol. The second-order valence-corrected chi connectivity index (χ2v) is 9.97. The van der Waals surface area contributed by atoms with E-state index in [-0.39, 0.29) is 17.6 Å². The van der Waals surface area contributed by atoms with Crippen LogP contribution in [0.5, 0.6) is 0 Å². The molecule has 5 heteroatoms. The highest BCUT2D eigenvalue weighted by Crippen LogP contribution is 2.26. The van der Waals surface area contributed by atoms with Crippen molar-refractivity contribution in [3.63, 3.8) is 0 Å². The molecular formula is C30H42N2O3. The summed E-state index contributed by atoms with van der Waals surface area (Å²) in [6.07, 6.45) is 1.79. The Morgan fingerprint density at radius 3 is 1.86 bits per heavy atom. The number of nitrogens with two attached hydrogens (primary N) is 1. The maximum Gasteiger partial charge on any atom is 0.283 e. The fraction of sp³-hybridized carbons (Fsp3) is 0.367. The average Bonchev–Trinajstić information content (AvgIpc) is 2.82. The van der Waals surface area contributed by atoms with Crippen LogP contribution in [-0.4, -0.2) is 28.2 Å². The van der Waals surface area contributed by atoms with Crippen LogP contribution in [0.1, 0.15) is 56.5 Å². The number of nitrogens with zero attached hydrogens (tertiary/aromatic N) is 1. The van der Waals surface area contributed by atoms with Crippen molar-refractivity contribution in [2.45, 2.75) is 47.5 Å². The third-order valence-electron chi connectivity index (χ3n) is 5.12. The van der Waals surface area contributed by atoms with Gasteiger partial charge in [0.25, 0.3) is 5.56 Å². The number of benzene rings is 2. The van der Waals surface area contributed by atoms with E-state index in [2.05, 4.69) is 58.5 Å². The highest BCUT2D eigenvalue weighted by atomic mass is 16.5. The molecule has 1 unspecified atom stereocenters. The van der Waals surface area contributed by atoms with Crippen LogP contribution in [0.4, 0.5) is 0 Å². The maximum atomic E-state index is 11.4. The van der Waals surface area contributed by atoms with E-state index in [1.807, 2.05) is 49.4 Å². The Morgan fingerprint density at radius 1 is 1.00 bits per heavy atom. The molecule has 1 atom stereocenters. The first-order chi connectivity index (χ1) is 16.5. The minimum absolute atomic E-state index is 0.0972. The largest absolute Gasteiger partial charge is 0.425 e. The van der Waals surface area contributed by atoms with Crippen molar-refractivity contribution < 1.29 is 10.3 Å². The normalized spacial score (nSPS) is 11.4. The Labute approximate surface area is 210 Å². The van der Waals surface area contributed by atoms with Gasteiger partial charge in [-0.15, -0.1) is 0 Å². The molecule has 0 radical (unpaired) electrons. The minimum Gasteiger partial charge on any atom is -0.425 e. The molecule has 0 aliphatic carbocycles. The molecule has 0 aliphatic heterocycles. The smallest absolute Gasteiger partial charge is 0.283 e. The highest BCUT2D eigenvalue weighted by Gasteiger charge is 2.17. The van der Waals surface area contributed by atoms with Gasteiger partial charge in [-0.05, 0) is 59.4 Å². The Balaban J connectivity index is 0.000000307. The van der Waals surface area contributed by atoms with Gasteiger partial charge in [-0.25, -0.2) is 0 Å². The van der Waals surface area contributed by atoms with Crippen LogP contribution in [-0.2, 0) is 6.42 Å². The molecule has 0 amide bonds. The number of aliphatic hydroxyl groups is 1. The predicted octanol–water partition coefficient (Wildman–Crippen LogP) is 5.69. The van der Waals surface area contributed by atoms with E-state index < -0.39 is 0 Å². The van der Waals surface area contributed by atoms with Gasteiger partial charge in [-0.1, -0.05) is 94.9 Å². The van der Waals surface area contributed by atoms with Crippen LogP contribution in [0, 0.1) is 18.3 Å². The minimum atomic E-state index is -0.344. The first kappa shape index (κ1) is 29.9. The summed E-state index contributed by atoms with van der Waals surface area (Å²) in [7, 11) is 0. The number of hydrogen-bond acceptors (Lipinski definition) is 4. The lowest BCUT2D eigenvalue weighted by atomic mass is 9.83. The molecule has 2 aromatic carbocycles. The molecule has 190 valence electrons. The Morgan fingerprint density at radius 2 is 1.46 bits per heavy atom. The summed E-state index contributed by atoms with van der Waals surface area (Å²) < 4.78 is 0.770. The van der Waals surface area contributed by atoms with Gasteiger partial charge in [0.2, 0.25) is 0 Å². The number of aryl methyl sites for hydroxylation is 1. The van der Waals surface area contributed by atoms with Gasteiger partial charge < -0.3 is 16.0 Å². The summed E-state index contributed by atoms with van der Waals surface area (Å²) >= 11 is 0. The van der Waals surface area contributed by atoms with Crippen molar-refractivity contribution in [3.8, 4) is 0 Å². The standard InChI is InChI=1S/C14H23NO2.C14H12.C2H7NO/c1-10-6-12(15(17)13(16)8-10)7-11(2)9-14(3,4)5;1-12(13-8-4-2-5-9-13)14-10-6-3-7-11-14;3-1-2-4/h6,8,11,17H,7,9H2,1-5H3;2-11H,1H2;4H,1-3H2.